The number of hydrogen-bond acceptors (Lipinski definition) is 5. The summed E-state index contributed by atoms with van der Waals surface area (Å²) in [5, 5.41) is 14.8. The van der Waals surface area contributed by atoms with E-state index in [1.54, 1.807) is 31.4 Å². The van der Waals surface area contributed by atoms with E-state index in [9.17, 15) is 4.79 Å². The van der Waals surface area contributed by atoms with Crippen LogP contribution in [0.1, 0.15) is 16.1 Å². The summed E-state index contributed by atoms with van der Waals surface area (Å²) < 4.78 is 4.93. The summed E-state index contributed by atoms with van der Waals surface area (Å²) in [6, 6.07) is 8.61. The van der Waals surface area contributed by atoms with Crippen molar-refractivity contribution in [3.63, 3.8) is 0 Å². The molecule has 1 aromatic heterocycles. The molecule has 0 aliphatic carbocycles. The quantitative estimate of drug-likeness (QED) is 0.700. The Labute approximate surface area is 150 Å². The number of ether oxygens (including phenoxy) is 1. The highest BCUT2D eigenvalue weighted by Gasteiger charge is 2.08. The van der Waals surface area contributed by atoms with Crippen LogP contribution in [0.3, 0.4) is 0 Å². The first-order valence-electron chi connectivity index (χ1n) is 7.39. The molecule has 24 heavy (non-hydrogen) atoms. The van der Waals surface area contributed by atoms with E-state index in [2.05, 4.69) is 20.8 Å². The van der Waals surface area contributed by atoms with Gasteiger partial charge in [0, 0.05) is 30.2 Å². The molecule has 1 heterocycles. The molecule has 0 atom stereocenters. The molecule has 0 saturated carbocycles. The van der Waals surface area contributed by atoms with Crippen LogP contribution >= 0.6 is 23.2 Å². The monoisotopic (exact) mass is 368 g/mol. The molecule has 0 aliphatic heterocycles. The number of hydrogen-bond donors (Lipinski definition) is 2. The van der Waals surface area contributed by atoms with Crippen molar-refractivity contribution in [1.82, 2.24) is 15.5 Å². The normalized spacial score (nSPS) is 10.5. The lowest BCUT2D eigenvalue weighted by Crippen LogP contribution is -2.27. The van der Waals surface area contributed by atoms with E-state index in [0.717, 1.165) is 5.56 Å². The van der Waals surface area contributed by atoms with Crippen LogP contribution in [0, 0.1) is 0 Å². The van der Waals surface area contributed by atoms with E-state index in [1.165, 1.54) is 0 Å². The van der Waals surface area contributed by atoms with Gasteiger partial charge in [-0.1, -0.05) is 29.3 Å². The number of nitrogens with zero attached hydrogens (tertiary/aromatic N) is 2. The van der Waals surface area contributed by atoms with Crippen LogP contribution in [0.15, 0.2) is 30.3 Å². The molecule has 1 amide bonds. The average molecular weight is 369 g/mol. The van der Waals surface area contributed by atoms with Crippen LogP contribution in [0.5, 0.6) is 0 Å². The van der Waals surface area contributed by atoms with Crippen molar-refractivity contribution in [3.8, 4) is 0 Å². The number of benzene rings is 1. The van der Waals surface area contributed by atoms with Gasteiger partial charge in [-0.05, 0) is 36.2 Å². The molecule has 0 unspecified atom stereocenters. The molecule has 2 rings (SSSR count). The van der Waals surface area contributed by atoms with E-state index in [4.69, 9.17) is 27.9 Å². The number of halogens is 2. The van der Waals surface area contributed by atoms with E-state index >= 15 is 0 Å². The van der Waals surface area contributed by atoms with Crippen molar-refractivity contribution < 1.29 is 9.53 Å². The molecule has 2 aromatic rings. The van der Waals surface area contributed by atoms with Gasteiger partial charge in [-0.15, -0.1) is 10.2 Å². The van der Waals surface area contributed by atoms with Gasteiger partial charge < -0.3 is 15.4 Å². The molecular weight excluding hydrogens is 351 g/mol. The highest BCUT2D eigenvalue weighted by Crippen LogP contribution is 2.21. The van der Waals surface area contributed by atoms with Crippen LogP contribution in [-0.2, 0) is 11.2 Å². The van der Waals surface area contributed by atoms with Gasteiger partial charge in [0.1, 0.15) is 5.82 Å². The van der Waals surface area contributed by atoms with Crippen molar-refractivity contribution in [2.24, 2.45) is 0 Å². The summed E-state index contributed by atoms with van der Waals surface area (Å²) in [7, 11) is 1.62. The summed E-state index contributed by atoms with van der Waals surface area (Å²) >= 11 is 11.9. The van der Waals surface area contributed by atoms with Gasteiger partial charge in [0.2, 0.25) is 0 Å². The summed E-state index contributed by atoms with van der Waals surface area (Å²) in [4.78, 5) is 12.0. The van der Waals surface area contributed by atoms with Gasteiger partial charge in [-0.3, -0.25) is 4.79 Å². The fourth-order valence-corrected chi connectivity index (χ4v) is 2.46. The molecule has 2 N–H and O–H groups in total. The van der Waals surface area contributed by atoms with Crippen molar-refractivity contribution in [2.45, 2.75) is 6.42 Å². The number of amides is 1. The molecule has 0 radical (unpaired) electrons. The Bertz CT molecular complexity index is 680. The first-order chi connectivity index (χ1) is 11.6. The van der Waals surface area contributed by atoms with E-state index in [-0.39, 0.29) is 11.6 Å². The maximum atomic E-state index is 12.0. The molecule has 0 saturated heterocycles. The van der Waals surface area contributed by atoms with Gasteiger partial charge in [0.15, 0.2) is 5.69 Å². The van der Waals surface area contributed by atoms with Crippen molar-refractivity contribution in [3.05, 3.63) is 51.6 Å². The minimum absolute atomic E-state index is 0.259. The molecule has 1 aromatic carbocycles. The number of aromatic nitrogens is 2. The number of methoxy groups -OCH3 is 1. The summed E-state index contributed by atoms with van der Waals surface area (Å²) in [5.41, 5.74) is 1.18. The SMILES string of the molecule is COCCNc1ccc(C(=O)NCCc2ccc(Cl)cc2Cl)nn1. The summed E-state index contributed by atoms with van der Waals surface area (Å²) in [6.07, 6.45) is 0.603. The standard InChI is InChI=1S/C16H18Cl2N4O2/c1-24-9-8-19-15-5-4-14(21-22-15)16(23)20-7-6-11-2-3-12(17)10-13(11)18/h2-5,10H,6-9H2,1H3,(H,19,22)(H,20,23). The van der Waals surface area contributed by atoms with Crippen LogP contribution in [-0.4, -0.2) is 42.9 Å². The second kappa shape index (κ2) is 9.42. The van der Waals surface area contributed by atoms with Gasteiger partial charge in [-0.2, -0.15) is 0 Å². The van der Waals surface area contributed by atoms with E-state index in [0.29, 0.717) is 42.0 Å². The zero-order valence-corrected chi connectivity index (χ0v) is 14.7. The van der Waals surface area contributed by atoms with Crippen molar-refractivity contribution in [2.75, 3.05) is 32.1 Å². The second-order valence-electron chi connectivity index (χ2n) is 4.97. The zero-order valence-electron chi connectivity index (χ0n) is 13.2. The molecule has 0 bridgehead atoms. The highest BCUT2D eigenvalue weighted by atomic mass is 35.5. The third-order valence-electron chi connectivity index (χ3n) is 3.20. The second-order valence-corrected chi connectivity index (χ2v) is 5.81. The lowest BCUT2D eigenvalue weighted by Gasteiger charge is -2.07. The fraction of sp³-hybridized carbons (Fsp3) is 0.312. The highest BCUT2D eigenvalue weighted by molar-refractivity contribution is 6.35. The van der Waals surface area contributed by atoms with Crippen LogP contribution < -0.4 is 10.6 Å². The van der Waals surface area contributed by atoms with E-state index < -0.39 is 0 Å². The lowest BCUT2D eigenvalue weighted by molar-refractivity contribution is 0.0948. The molecule has 128 valence electrons. The Morgan fingerprint density at radius 2 is 2.00 bits per heavy atom. The molecule has 0 fully saturated rings. The first kappa shape index (κ1) is 18.4. The Kier molecular flexibility index (Phi) is 7.24. The predicted molar refractivity (Wildman–Crippen MR) is 94.9 cm³/mol. The smallest absolute Gasteiger partial charge is 0.271 e. The molecule has 0 spiro atoms. The fourth-order valence-electron chi connectivity index (χ4n) is 1.95. The maximum Gasteiger partial charge on any atom is 0.271 e. The van der Waals surface area contributed by atoms with Gasteiger partial charge in [0.25, 0.3) is 5.91 Å². The summed E-state index contributed by atoms with van der Waals surface area (Å²) in [5.74, 6) is 0.313. The third-order valence-corrected chi connectivity index (χ3v) is 3.79. The Morgan fingerprint density at radius 3 is 2.67 bits per heavy atom. The first-order valence-corrected chi connectivity index (χ1v) is 8.14. The number of carbonyl (C=O) groups is 1. The Morgan fingerprint density at radius 1 is 1.17 bits per heavy atom. The average Bonchev–Trinajstić information content (AvgIpc) is 2.57. The maximum absolute atomic E-state index is 12.0. The zero-order chi connectivity index (χ0) is 17.4. The molecular formula is C16H18Cl2N4O2. The van der Waals surface area contributed by atoms with Crippen LogP contribution in [0.2, 0.25) is 10.0 Å². The van der Waals surface area contributed by atoms with Crippen molar-refractivity contribution in [1.29, 1.82) is 0 Å². The lowest BCUT2D eigenvalue weighted by atomic mass is 10.1. The Balaban J connectivity index is 1.81. The third kappa shape index (κ3) is 5.63. The van der Waals surface area contributed by atoms with Crippen LogP contribution in [0.4, 0.5) is 5.82 Å². The molecule has 8 heteroatoms. The largest absolute Gasteiger partial charge is 0.383 e. The van der Waals surface area contributed by atoms with Crippen LogP contribution in [0.25, 0.3) is 0 Å². The van der Waals surface area contributed by atoms with Gasteiger partial charge >= 0.3 is 0 Å². The number of carbonyl (C=O) groups excluding carboxylic acids is 1. The van der Waals surface area contributed by atoms with E-state index in [1.807, 2.05) is 6.07 Å². The minimum Gasteiger partial charge on any atom is -0.383 e. The molecule has 0 aliphatic rings. The Hall–Kier alpha value is -1.89. The predicted octanol–water partition coefficient (Wildman–Crippen LogP) is 2.81. The molecule has 6 nitrogen and oxygen atoms in total. The van der Waals surface area contributed by atoms with Gasteiger partial charge in [-0.25, -0.2) is 0 Å². The minimum atomic E-state index is -0.281. The number of rotatable bonds is 8. The summed E-state index contributed by atoms with van der Waals surface area (Å²) in [6.45, 7) is 1.63. The van der Waals surface area contributed by atoms with Crippen molar-refractivity contribution >= 4 is 34.9 Å². The number of anilines is 1. The van der Waals surface area contributed by atoms with Gasteiger partial charge in [0.05, 0.1) is 6.61 Å². The number of nitrogens with one attached hydrogen (secondary N) is 2. The topological polar surface area (TPSA) is 76.1 Å².